The third-order valence-electron chi connectivity index (χ3n) is 5.66. The van der Waals surface area contributed by atoms with Gasteiger partial charge in [-0.3, -0.25) is 0 Å². The highest BCUT2D eigenvalue weighted by atomic mass is 14.9. The molecule has 1 aliphatic carbocycles. The lowest BCUT2D eigenvalue weighted by molar-refractivity contribution is 0.395. The fourth-order valence-corrected chi connectivity index (χ4v) is 4.08. The number of benzene rings is 2. The maximum atomic E-state index is 8.90. The van der Waals surface area contributed by atoms with Gasteiger partial charge < -0.3 is 0 Å². The molecule has 0 amide bonds. The Morgan fingerprint density at radius 1 is 0.852 bits per heavy atom. The largest absolute Gasteiger partial charge is 0.236 e. The van der Waals surface area contributed by atoms with Gasteiger partial charge in [0.25, 0.3) is 0 Å². The van der Waals surface area contributed by atoms with E-state index in [1.165, 1.54) is 42.4 Å². The van der Waals surface area contributed by atoms with Crippen molar-refractivity contribution in [1.82, 2.24) is 9.97 Å². The summed E-state index contributed by atoms with van der Waals surface area (Å²) >= 11 is 0. The van der Waals surface area contributed by atoms with Crippen molar-refractivity contribution < 1.29 is 0 Å². The van der Waals surface area contributed by atoms with Crippen LogP contribution in [0.4, 0.5) is 0 Å². The molecule has 1 saturated carbocycles. The number of aromatic nitrogens is 2. The van der Waals surface area contributed by atoms with E-state index >= 15 is 0 Å². The van der Waals surface area contributed by atoms with Gasteiger partial charge in [0.05, 0.1) is 11.6 Å². The molecule has 0 radical (unpaired) electrons. The maximum absolute atomic E-state index is 8.90. The molecule has 0 bridgehead atoms. The van der Waals surface area contributed by atoms with E-state index in [0.29, 0.717) is 17.4 Å². The van der Waals surface area contributed by atoms with Crippen LogP contribution in [0.5, 0.6) is 0 Å². The molecule has 0 unspecified atom stereocenters. The molecule has 1 aromatic heterocycles. The lowest BCUT2D eigenvalue weighted by atomic mass is 9.76. The minimum atomic E-state index is 0.557. The second-order valence-electron chi connectivity index (χ2n) is 7.49. The zero-order valence-electron chi connectivity index (χ0n) is 15.6. The van der Waals surface area contributed by atoms with Crippen molar-refractivity contribution in [2.45, 2.75) is 44.4 Å². The Morgan fingerprint density at radius 3 is 2.07 bits per heavy atom. The summed E-state index contributed by atoms with van der Waals surface area (Å²) in [5.41, 5.74) is 5.68. The third-order valence-corrected chi connectivity index (χ3v) is 5.66. The fraction of sp³-hybridized carbons (Fsp3) is 0.292. The van der Waals surface area contributed by atoms with Gasteiger partial charge in [0.1, 0.15) is 0 Å². The van der Waals surface area contributed by atoms with E-state index in [2.05, 4.69) is 47.2 Å². The lowest BCUT2D eigenvalue weighted by Gasteiger charge is -2.29. The molecule has 0 spiro atoms. The van der Waals surface area contributed by atoms with Gasteiger partial charge >= 0.3 is 0 Å². The topological polar surface area (TPSA) is 49.6 Å². The van der Waals surface area contributed by atoms with E-state index in [1.807, 2.05) is 24.5 Å². The molecule has 0 aliphatic heterocycles. The van der Waals surface area contributed by atoms with Crippen LogP contribution in [0.15, 0.2) is 60.9 Å². The maximum Gasteiger partial charge on any atom is 0.159 e. The predicted molar refractivity (Wildman–Crippen MR) is 107 cm³/mol. The molecule has 0 saturated heterocycles. The Balaban J connectivity index is 1.42. The summed E-state index contributed by atoms with van der Waals surface area (Å²) in [7, 11) is 0. The molecule has 27 heavy (non-hydrogen) atoms. The van der Waals surface area contributed by atoms with Crippen molar-refractivity contribution >= 4 is 0 Å². The molecule has 0 atom stereocenters. The van der Waals surface area contributed by atoms with E-state index < -0.39 is 0 Å². The predicted octanol–water partition coefficient (Wildman–Crippen LogP) is 5.77. The van der Waals surface area contributed by atoms with Gasteiger partial charge in [-0.25, -0.2) is 9.97 Å². The van der Waals surface area contributed by atoms with E-state index in [-0.39, 0.29) is 0 Å². The summed E-state index contributed by atoms with van der Waals surface area (Å²) in [5.74, 6) is 1.96. The Labute approximate surface area is 160 Å². The van der Waals surface area contributed by atoms with Crippen molar-refractivity contribution in [1.29, 1.82) is 5.26 Å². The average Bonchev–Trinajstić information content (AvgIpc) is 2.74. The van der Waals surface area contributed by atoms with Crippen LogP contribution in [0.2, 0.25) is 0 Å². The molecule has 134 valence electrons. The summed E-state index contributed by atoms with van der Waals surface area (Å²) in [5, 5.41) is 8.90. The zero-order valence-corrected chi connectivity index (χ0v) is 15.6. The number of nitriles is 1. The molecule has 2 aromatic carbocycles. The molecule has 3 heteroatoms. The van der Waals surface area contributed by atoms with Gasteiger partial charge in [0.15, 0.2) is 5.82 Å². The summed E-state index contributed by atoms with van der Waals surface area (Å²) < 4.78 is 0. The first-order valence-corrected chi connectivity index (χ1v) is 9.62. The molecule has 3 aromatic rings. The number of aryl methyl sites for hydroxylation is 1. The Bertz CT molecular complexity index is 944. The average molecular weight is 353 g/mol. The molecule has 1 fully saturated rings. The Hall–Kier alpha value is -2.99. The fourth-order valence-electron chi connectivity index (χ4n) is 4.08. The van der Waals surface area contributed by atoms with E-state index in [1.54, 1.807) is 12.1 Å². The van der Waals surface area contributed by atoms with Crippen LogP contribution < -0.4 is 0 Å². The first kappa shape index (κ1) is 17.4. The van der Waals surface area contributed by atoms with Crippen molar-refractivity contribution in [3.63, 3.8) is 0 Å². The summed E-state index contributed by atoms with van der Waals surface area (Å²) in [6, 6.07) is 18.5. The van der Waals surface area contributed by atoms with E-state index in [4.69, 9.17) is 5.26 Å². The van der Waals surface area contributed by atoms with Crippen LogP contribution in [0.25, 0.3) is 11.4 Å². The van der Waals surface area contributed by atoms with Crippen LogP contribution in [-0.4, -0.2) is 9.97 Å². The normalized spacial score (nSPS) is 19.4. The Kier molecular flexibility index (Phi) is 4.98. The zero-order chi connectivity index (χ0) is 18.6. The smallest absolute Gasteiger partial charge is 0.159 e. The number of hydrogen-bond donors (Lipinski definition) is 0. The van der Waals surface area contributed by atoms with Gasteiger partial charge in [-0.05, 0) is 79.8 Å². The highest BCUT2D eigenvalue weighted by molar-refractivity contribution is 5.56. The van der Waals surface area contributed by atoms with Gasteiger partial charge in [-0.15, -0.1) is 0 Å². The van der Waals surface area contributed by atoms with Crippen LogP contribution in [0.1, 0.15) is 59.8 Å². The minimum Gasteiger partial charge on any atom is -0.236 e. The van der Waals surface area contributed by atoms with Gasteiger partial charge in [-0.2, -0.15) is 5.26 Å². The molecule has 0 N–H and O–H groups in total. The summed E-state index contributed by atoms with van der Waals surface area (Å²) in [6.45, 7) is 2.17. The van der Waals surface area contributed by atoms with E-state index in [9.17, 15) is 0 Å². The summed E-state index contributed by atoms with van der Waals surface area (Å²) in [6.07, 6.45) is 8.81. The molecule has 1 aliphatic rings. The monoisotopic (exact) mass is 353 g/mol. The first-order valence-electron chi connectivity index (χ1n) is 9.62. The summed E-state index contributed by atoms with van der Waals surface area (Å²) in [4.78, 5) is 9.15. The van der Waals surface area contributed by atoms with Gasteiger partial charge in [0, 0.05) is 18.0 Å². The van der Waals surface area contributed by atoms with Gasteiger partial charge in [0.2, 0.25) is 0 Å². The number of rotatable bonds is 3. The Morgan fingerprint density at radius 2 is 1.48 bits per heavy atom. The molecular formula is C24H23N3. The highest BCUT2D eigenvalue weighted by Crippen LogP contribution is 2.40. The standard InChI is InChI=1S/C24H23N3/c1-17-3-2-4-22(13-17)19-9-11-20(12-10-19)23-15-26-24(27-16-23)21-7-5-18(14-25)6-8-21/h2-8,13,15-16,19-20H,9-12H2,1H3. The van der Waals surface area contributed by atoms with Crippen molar-refractivity contribution in [2.24, 2.45) is 0 Å². The SMILES string of the molecule is Cc1cccc(C2CCC(c3cnc(-c4ccc(C#N)cc4)nc3)CC2)c1. The number of nitrogens with zero attached hydrogens (tertiary/aromatic N) is 3. The minimum absolute atomic E-state index is 0.557. The highest BCUT2D eigenvalue weighted by Gasteiger charge is 2.24. The molecule has 4 rings (SSSR count). The van der Waals surface area contributed by atoms with Crippen LogP contribution in [-0.2, 0) is 0 Å². The van der Waals surface area contributed by atoms with Crippen molar-refractivity contribution in [3.8, 4) is 17.5 Å². The first-order chi connectivity index (χ1) is 13.2. The van der Waals surface area contributed by atoms with E-state index in [0.717, 1.165) is 11.4 Å². The molecule has 1 heterocycles. The van der Waals surface area contributed by atoms with Crippen LogP contribution in [0.3, 0.4) is 0 Å². The van der Waals surface area contributed by atoms with Crippen LogP contribution in [0, 0.1) is 18.3 Å². The lowest BCUT2D eigenvalue weighted by Crippen LogP contribution is -2.12. The number of hydrogen-bond acceptors (Lipinski definition) is 3. The quantitative estimate of drug-likeness (QED) is 0.601. The van der Waals surface area contributed by atoms with Gasteiger partial charge in [-0.1, -0.05) is 29.8 Å². The molecule has 3 nitrogen and oxygen atoms in total. The second kappa shape index (κ2) is 7.72. The van der Waals surface area contributed by atoms with Crippen molar-refractivity contribution in [3.05, 3.63) is 83.2 Å². The molecular weight excluding hydrogens is 330 g/mol. The van der Waals surface area contributed by atoms with Crippen molar-refractivity contribution in [2.75, 3.05) is 0 Å². The second-order valence-corrected chi connectivity index (χ2v) is 7.49. The third kappa shape index (κ3) is 3.90. The van der Waals surface area contributed by atoms with Crippen LogP contribution >= 0.6 is 0 Å².